The molecule has 2 N–H and O–H groups in total. The summed E-state index contributed by atoms with van der Waals surface area (Å²) in [6, 6.07) is 1.43. The lowest BCUT2D eigenvalue weighted by Gasteiger charge is -2.14. The first-order valence-corrected chi connectivity index (χ1v) is 7.91. The van der Waals surface area contributed by atoms with E-state index in [9.17, 15) is 8.42 Å². The molecule has 0 aliphatic heterocycles. The Hall–Kier alpha value is -1.22. The average molecular weight is 301 g/mol. The molecule has 8 heteroatoms. The van der Waals surface area contributed by atoms with E-state index >= 15 is 0 Å². The summed E-state index contributed by atoms with van der Waals surface area (Å²) < 4.78 is 25.8. The van der Waals surface area contributed by atoms with E-state index in [4.69, 9.17) is 5.11 Å². The van der Waals surface area contributed by atoms with Crippen molar-refractivity contribution in [2.75, 3.05) is 7.05 Å². The molecule has 0 aromatic carbocycles. The van der Waals surface area contributed by atoms with Gasteiger partial charge >= 0.3 is 0 Å². The molecule has 0 aliphatic rings. The number of hydrogen-bond acceptors (Lipinski definition) is 5. The van der Waals surface area contributed by atoms with E-state index in [1.54, 1.807) is 0 Å². The van der Waals surface area contributed by atoms with Crippen LogP contribution in [0.25, 0.3) is 0 Å². The Morgan fingerprint density at radius 3 is 2.79 bits per heavy atom. The summed E-state index contributed by atoms with van der Waals surface area (Å²) in [7, 11) is -2.05. The third kappa shape index (κ3) is 3.03. The average Bonchev–Trinajstić information content (AvgIpc) is 2.98. The highest BCUT2D eigenvalue weighted by Crippen LogP contribution is 2.18. The van der Waals surface area contributed by atoms with E-state index in [-0.39, 0.29) is 18.0 Å². The summed E-state index contributed by atoms with van der Waals surface area (Å²) in [5, 5.41) is 11.7. The number of rotatable bonds is 5. The molecule has 2 rings (SSSR count). The monoisotopic (exact) mass is 301 g/mol. The van der Waals surface area contributed by atoms with Crippen LogP contribution in [0.3, 0.4) is 0 Å². The quantitative estimate of drug-likeness (QED) is 0.865. The van der Waals surface area contributed by atoms with Gasteiger partial charge in [-0.3, -0.25) is 0 Å². The normalized spacial score (nSPS) is 12.2. The van der Waals surface area contributed by atoms with Crippen molar-refractivity contribution in [2.24, 2.45) is 0 Å². The van der Waals surface area contributed by atoms with E-state index in [2.05, 4.69) is 9.97 Å². The van der Waals surface area contributed by atoms with Gasteiger partial charge in [0.15, 0.2) is 0 Å². The Labute approximate surface area is 115 Å². The molecule has 2 aromatic rings. The van der Waals surface area contributed by atoms with Gasteiger partial charge in [-0.1, -0.05) is 0 Å². The van der Waals surface area contributed by atoms with Gasteiger partial charge in [0.2, 0.25) is 10.0 Å². The van der Waals surface area contributed by atoms with Gasteiger partial charge in [-0.15, -0.1) is 11.3 Å². The maximum absolute atomic E-state index is 12.3. The standard InChI is InChI=1S/C11H15N3O3S2/c1-8-13-10(7-18-8)5-14(2)19(16,17)11-3-9(6-15)12-4-11/h3-4,7,12,15H,5-6H2,1-2H3. The van der Waals surface area contributed by atoms with Gasteiger partial charge in [0.05, 0.1) is 28.7 Å². The number of aromatic amines is 1. The lowest BCUT2D eigenvalue weighted by Crippen LogP contribution is -2.26. The molecule has 0 amide bonds. The summed E-state index contributed by atoms with van der Waals surface area (Å²) in [4.78, 5) is 7.10. The summed E-state index contributed by atoms with van der Waals surface area (Å²) in [6.07, 6.45) is 1.38. The number of aliphatic hydroxyl groups is 1. The Kier molecular flexibility index (Phi) is 4.04. The fourth-order valence-corrected chi connectivity index (χ4v) is 3.40. The van der Waals surface area contributed by atoms with Gasteiger partial charge < -0.3 is 10.1 Å². The van der Waals surface area contributed by atoms with Crippen molar-refractivity contribution in [1.82, 2.24) is 14.3 Å². The molecule has 0 saturated heterocycles. The maximum Gasteiger partial charge on any atom is 0.244 e. The van der Waals surface area contributed by atoms with Gasteiger partial charge in [0, 0.05) is 24.3 Å². The smallest absolute Gasteiger partial charge is 0.244 e. The van der Waals surface area contributed by atoms with Crippen LogP contribution in [0.5, 0.6) is 0 Å². The topological polar surface area (TPSA) is 86.3 Å². The SMILES string of the molecule is Cc1nc(CN(C)S(=O)(=O)c2c[nH]c(CO)c2)cs1. The van der Waals surface area contributed by atoms with E-state index in [1.165, 1.54) is 35.0 Å². The number of thiazole rings is 1. The van der Waals surface area contributed by atoms with Crippen molar-refractivity contribution in [3.05, 3.63) is 34.0 Å². The molecular weight excluding hydrogens is 286 g/mol. The van der Waals surface area contributed by atoms with E-state index in [0.29, 0.717) is 5.69 Å². The molecule has 0 fully saturated rings. The Balaban J connectivity index is 2.19. The first kappa shape index (κ1) is 14.2. The molecule has 0 aliphatic carbocycles. The maximum atomic E-state index is 12.3. The van der Waals surface area contributed by atoms with Crippen molar-refractivity contribution < 1.29 is 13.5 Å². The van der Waals surface area contributed by atoms with Crippen LogP contribution in [0.4, 0.5) is 0 Å². The highest BCUT2D eigenvalue weighted by Gasteiger charge is 2.22. The summed E-state index contributed by atoms with van der Waals surface area (Å²) in [5.41, 5.74) is 1.20. The van der Waals surface area contributed by atoms with Gasteiger partial charge in [-0.25, -0.2) is 13.4 Å². The van der Waals surface area contributed by atoms with E-state index in [1.807, 2.05) is 12.3 Å². The largest absolute Gasteiger partial charge is 0.390 e. The highest BCUT2D eigenvalue weighted by molar-refractivity contribution is 7.89. The molecule has 0 radical (unpaired) electrons. The number of aromatic nitrogens is 2. The number of sulfonamides is 1. The highest BCUT2D eigenvalue weighted by atomic mass is 32.2. The van der Waals surface area contributed by atoms with E-state index in [0.717, 1.165) is 10.7 Å². The minimum Gasteiger partial charge on any atom is -0.390 e. The number of aryl methyl sites for hydroxylation is 1. The molecule has 0 atom stereocenters. The molecule has 2 heterocycles. The first-order valence-electron chi connectivity index (χ1n) is 5.59. The number of hydrogen-bond donors (Lipinski definition) is 2. The number of nitrogens with one attached hydrogen (secondary N) is 1. The van der Waals surface area contributed by atoms with Crippen molar-refractivity contribution >= 4 is 21.4 Å². The van der Waals surface area contributed by atoms with Gasteiger partial charge in [-0.05, 0) is 13.0 Å². The van der Waals surface area contributed by atoms with Gasteiger partial charge in [0.1, 0.15) is 0 Å². The predicted octanol–water partition coefficient (Wildman–Crippen LogP) is 1.09. The third-order valence-electron chi connectivity index (χ3n) is 2.65. The number of nitrogens with zero attached hydrogens (tertiary/aromatic N) is 2. The second kappa shape index (κ2) is 5.41. The Bertz CT molecular complexity index is 660. The Morgan fingerprint density at radius 1 is 1.53 bits per heavy atom. The van der Waals surface area contributed by atoms with Crippen molar-refractivity contribution in [2.45, 2.75) is 25.0 Å². The number of H-pyrrole nitrogens is 1. The molecule has 0 spiro atoms. The van der Waals surface area contributed by atoms with Crippen LogP contribution in [0.1, 0.15) is 16.4 Å². The zero-order chi connectivity index (χ0) is 14.0. The van der Waals surface area contributed by atoms with Crippen LogP contribution in [0.2, 0.25) is 0 Å². The third-order valence-corrected chi connectivity index (χ3v) is 5.25. The molecule has 6 nitrogen and oxygen atoms in total. The fraction of sp³-hybridized carbons (Fsp3) is 0.364. The number of aliphatic hydroxyl groups excluding tert-OH is 1. The Morgan fingerprint density at radius 2 is 2.26 bits per heavy atom. The van der Waals surface area contributed by atoms with Crippen LogP contribution in [-0.2, 0) is 23.2 Å². The van der Waals surface area contributed by atoms with Gasteiger partial charge in [0.25, 0.3) is 0 Å². The summed E-state index contributed by atoms with van der Waals surface area (Å²) >= 11 is 1.49. The van der Waals surface area contributed by atoms with Crippen molar-refractivity contribution in [3.8, 4) is 0 Å². The second-order valence-corrected chi connectivity index (χ2v) is 7.24. The fourth-order valence-electron chi connectivity index (χ4n) is 1.63. The van der Waals surface area contributed by atoms with Crippen molar-refractivity contribution in [3.63, 3.8) is 0 Å². The van der Waals surface area contributed by atoms with Crippen molar-refractivity contribution in [1.29, 1.82) is 0 Å². The molecule has 2 aromatic heterocycles. The predicted molar refractivity (Wildman–Crippen MR) is 72.2 cm³/mol. The molecule has 0 saturated carbocycles. The minimum absolute atomic E-state index is 0.144. The summed E-state index contributed by atoms with van der Waals surface area (Å²) in [6.45, 7) is 1.89. The van der Waals surface area contributed by atoms with E-state index < -0.39 is 10.0 Å². The molecular formula is C11H15N3O3S2. The first-order chi connectivity index (χ1) is 8.93. The van der Waals surface area contributed by atoms with Crippen LogP contribution in [0.15, 0.2) is 22.5 Å². The zero-order valence-corrected chi connectivity index (χ0v) is 12.3. The molecule has 0 unspecified atom stereocenters. The summed E-state index contributed by atoms with van der Waals surface area (Å²) in [5.74, 6) is 0. The minimum atomic E-state index is -3.56. The lowest BCUT2D eigenvalue weighted by molar-refractivity contribution is 0.277. The second-order valence-electron chi connectivity index (χ2n) is 4.14. The van der Waals surface area contributed by atoms with Gasteiger partial charge in [-0.2, -0.15) is 4.31 Å². The van der Waals surface area contributed by atoms with Crippen LogP contribution in [0, 0.1) is 6.92 Å². The zero-order valence-electron chi connectivity index (χ0n) is 10.6. The molecule has 104 valence electrons. The lowest BCUT2D eigenvalue weighted by atomic mass is 10.5. The van der Waals surface area contributed by atoms with Crippen LogP contribution in [-0.4, -0.2) is 34.8 Å². The van der Waals surface area contributed by atoms with Crippen LogP contribution >= 0.6 is 11.3 Å². The van der Waals surface area contributed by atoms with Crippen LogP contribution < -0.4 is 0 Å². The molecule has 19 heavy (non-hydrogen) atoms. The molecule has 0 bridgehead atoms.